The molecule has 9 heteroatoms. The summed E-state index contributed by atoms with van der Waals surface area (Å²) in [6.45, 7) is 0. The van der Waals surface area contributed by atoms with Crippen molar-refractivity contribution in [3.8, 4) is 0 Å². The lowest BCUT2D eigenvalue weighted by Crippen LogP contribution is -2.31. The Labute approximate surface area is 115 Å². The Kier molecular flexibility index (Phi) is 12.4. The Hall–Kier alpha value is -1.32. The monoisotopic (exact) mass is 295 g/mol. The number of carbonyl (C=O) groups is 3. The van der Waals surface area contributed by atoms with E-state index < -0.39 is 29.9 Å². The minimum Gasteiger partial charge on any atom is -0.480 e. The number of hydrogen-bond acceptors (Lipinski definition) is 6. The Morgan fingerprint density at radius 2 is 1.47 bits per heavy atom. The second-order valence-corrected chi connectivity index (χ2v) is 4.66. The van der Waals surface area contributed by atoms with Crippen LogP contribution in [0.1, 0.15) is 19.3 Å². The second-order valence-electron chi connectivity index (χ2n) is 3.68. The smallest absolute Gasteiger partial charge is 0.320 e. The van der Waals surface area contributed by atoms with Crippen molar-refractivity contribution in [2.24, 2.45) is 17.2 Å². The van der Waals surface area contributed by atoms with Crippen LogP contribution in [0.5, 0.6) is 0 Å². The zero-order chi connectivity index (χ0) is 15.4. The summed E-state index contributed by atoms with van der Waals surface area (Å²) < 4.78 is 0. The molecular formula is C10H21N3O5S. The Bertz CT molecular complexity index is 301. The number of aliphatic carboxylic acids is 2. The summed E-state index contributed by atoms with van der Waals surface area (Å²) >= 11 is 1.60. The molecule has 2 atom stereocenters. The van der Waals surface area contributed by atoms with Gasteiger partial charge in [-0.2, -0.15) is 11.8 Å². The molecule has 8 N–H and O–H groups in total. The molecule has 1 amide bonds. The summed E-state index contributed by atoms with van der Waals surface area (Å²) in [7, 11) is 0. The average Bonchev–Trinajstić information content (AvgIpc) is 2.33. The van der Waals surface area contributed by atoms with Crippen molar-refractivity contribution >= 4 is 29.6 Å². The summed E-state index contributed by atoms with van der Waals surface area (Å²) in [5.41, 5.74) is 15.0. The minimum atomic E-state index is -1.11. The van der Waals surface area contributed by atoms with E-state index in [2.05, 4.69) is 0 Å². The second kappa shape index (κ2) is 11.8. The molecule has 0 heterocycles. The standard InChI is InChI=1S/C5H10N2O3.C5H11NO2S/c6-3(5(9)10)1-2-4(7)8;1-9-3-2-4(6)5(7)8/h3H,1-2,6H2,(H2,7,8)(H,9,10);4H,2-3,6H2,1H3,(H,7,8). The number of rotatable bonds is 8. The molecule has 0 aliphatic rings. The maximum absolute atomic E-state index is 10.1. The number of hydrogen-bond donors (Lipinski definition) is 5. The van der Waals surface area contributed by atoms with Gasteiger partial charge in [0.2, 0.25) is 5.91 Å². The lowest BCUT2D eigenvalue weighted by atomic mass is 10.2. The molecule has 0 saturated heterocycles. The van der Waals surface area contributed by atoms with Gasteiger partial charge in [0.25, 0.3) is 0 Å². The molecule has 0 aromatic rings. The maximum atomic E-state index is 10.1. The molecule has 0 rings (SSSR count). The number of primary amides is 1. The minimum absolute atomic E-state index is 0.0213. The van der Waals surface area contributed by atoms with Crippen LogP contribution in [0.4, 0.5) is 0 Å². The van der Waals surface area contributed by atoms with Crippen molar-refractivity contribution in [2.75, 3.05) is 12.0 Å². The summed E-state index contributed by atoms with van der Waals surface area (Å²) in [5, 5.41) is 16.5. The van der Waals surface area contributed by atoms with Crippen LogP contribution in [0.15, 0.2) is 0 Å². The third-order valence-corrected chi connectivity index (χ3v) is 2.61. The molecular weight excluding hydrogens is 274 g/mol. The first-order chi connectivity index (χ1) is 8.72. The number of thioether (sulfide) groups is 1. The van der Waals surface area contributed by atoms with Gasteiger partial charge in [-0.15, -0.1) is 0 Å². The average molecular weight is 295 g/mol. The van der Waals surface area contributed by atoms with Crippen LogP contribution in [0, 0.1) is 0 Å². The number of carboxylic acids is 2. The Morgan fingerprint density at radius 1 is 1.05 bits per heavy atom. The highest BCUT2D eigenvalue weighted by Gasteiger charge is 2.11. The van der Waals surface area contributed by atoms with Crippen LogP contribution in [0.25, 0.3) is 0 Å². The predicted octanol–water partition coefficient (Wildman–Crippen LogP) is -1.18. The molecule has 0 aromatic heterocycles. The number of nitrogens with two attached hydrogens (primary N) is 3. The van der Waals surface area contributed by atoms with Crippen LogP contribution in [0.2, 0.25) is 0 Å². The van der Waals surface area contributed by atoms with Crippen molar-refractivity contribution in [3.63, 3.8) is 0 Å². The highest BCUT2D eigenvalue weighted by molar-refractivity contribution is 7.98. The molecule has 0 bridgehead atoms. The van der Waals surface area contributed by atoms with Gasteiger partial charge in [-0.25, -0.2) is 0 Å². The van der Waals surface area contributed by atoms with Crippen LogP contribution >= 0.6 is 11.8 Å². The van der Waals surface area contributed by atoms with Crippen LogP contribution in [-0.2, 0) is 14.4 Å². The number of amides is 1. The van der Waals surface area contributed by atoms with Crippen LogP contribution in [-0.4, -0.2) is 52.2 Å². The van der Waals surface area contributed by atoms with E-state index in [1.54, 1.807) is 11.8 Å². The van der Waals surface area contributed by atoms with E-state index in [9.17, 15) is 14.4 Å². The first kappa shape index (κ1) is 20.0. The molecule has 0 saturated carbocycles. The number of carbonyl (C=O) groups excluding carboxylic acids is 1. The summed E-state index contributed by atoms with van der Waals surface area (Å²) in [4.78, 5) is 30.2. The molecule has 0 radical (unpaired) electrons. The largest absolute Gasteiger partial charge is 0.480 e. The Morgan fingerprint density at radius 3 is 1.79 bits per heavy atom. The van der Waals surface area contributed by atoms with E-state index in [-0.39, 0.29) is 12.8 Å². The van der Waals surface area contributed by atoms with Gasteiger partial charge in [-0.3, -0.25) is 14.4 Å². The SMILES string of the molecule is CSCCC(N)C(=O)O.NC(=O)CCC(N)C(=O)O. The normalized spacial score (nSPS) is 12.8. The van der Waals surface area contributed by atoms with Crippen molar-refractivity contribution in [3.05, 3.63) is 0 Å². The van der Waals surface area contributed by atoms with Crippen molar-refractivity contribution in [1.29, 1.82) is 0 Å². The topological polar surface area (TPSA) is 170 Å². The van der Waals surface area contributed by atoms with E-state index in [0.717, 1.165) is 5.75 Å². The quantitative estimate of drug-likeness (QED) is 0.372. The van der Waals surface area contributed by atoms with Gasteiger partial charge in [-0.05, 0) is 24.9 Å². The fourth-order valence-electron chi connectivity index (χ4n) is 0.790. The lowest BCUT2D eigenvalue weighted by Gasteiger charge is -2.02. The molecule has 8 nitrogen and oxygen atoms in total. The summed E-state index contributed by atoms with van der Waals surface area (Å²) in [6.07, 6.45) is 2.60. The lowest BCUT2D eigenvalue weighted by molar-refractivity contribution is -0.139. The molecule has 2 unspecified atom stereocenters. The maximum Gasteiger partial charge on any atom is 0.320 e. The summed E-state index contributed by atoms with van der Waals surface area (Å²) in [5.74, 6) is -1.74. The van der Waals surface area contributed by atoms with Gasteiger partial charge in [-0.1, -0.05) is 0 Å². The van der Waals surface area contributed by atoms with Gasteiger partial charge in [0.1, 0.15) is 12.1 Å². The molecule has 0 spiro atoms. The van der Waals surface area contributed by atoms with Gasteiger partial charge in [0.05, 0.1) is 0 Å². The molecule has 0 aromatic carbocycles. The highest BCUT2D eigenvalue weighted by atomic mass is 32.2. The molecule has 0 aliphatic heterocycles. The molecule has 0 fully saturated rings. The van der Waals surface area contributed by atoms with Gasteiger partial charge in [0.15, 0.2) is 0 Å². The highest BCUT2D eigenvalue weighted by Crippen LogP contribution is 1.97. The summed E-state index contributed by atoms with van der Waals surface area (Å²) in [6, 6.07) is -1.66. The fourth-order valence-corrected chi connectivity index (χ4v) is 1.28. The Balaban J connectivity index is 0. The first-order valence-electron chi connectivity index (χ1n) is 5.46. The van der Waals surface area contributed by atoms with Gasteiger partial charge in [0, 0.05) is 6.42 Å². The van der Waals surface area contributed by atoms with Gasteiger partial charge >= 0.3 is 11.9 Å². The van der Waals surface area contributed by atoms with Crippen molar-refractivity contribution in [2.45, 2.75) is 31.3 Å². The van der Waals surface area contributed by atoms with Crippen molar-refractivity contribution < 1.29 is 24.6 Å². The zero-order valence-corrected chi connectivity index (χ0v) is 11.6. The molecule has 112 valence electrons. The third kappa shape index (κ3) is 14.6. The van der Waals surface area contributed by atoms with E-state index in [4.69, 9.17) is 27.4 Å². The van der Waals surface area contributed by atoms with E-state index in [0.29, 0.717) is 6.42 Å². The predicted molar refractivity (Wildman–Crippen MR) is 72.6 cm³/mol. The third-order valence-electron chi connectivity index (χ3n) is 1.97. The molecule has 0 aliphatic carbocycles. The van der Waals surface area contributed by atoms with Crippen LogP contribution < -0.4 is 17.2 Å². The fraction of sp³-hybridized carbons (Fsp3) is 0.700. The van der Waals surface area contributed by atoms with Gasteiger partial charge < -0.3 is 27.4 Å². The zero-order valence-electron chi connectivity index (χ0n) is 10.7. The van der Waals surface area contributed by atoms with Crippen molar-refractivity contribution in [1.82, 2.24) is 0 Å². The van der Waals surface area contributed by atoms with Crippen LogP contribution in [0.3, 0.4) is 0 Å². The molecule has 19 heavy (non-hydrogen) atoms. The van der Waals surface area contributed by atoms with E-state index in [1.807, 2.05) is 6.26 Å². The number of carboxylic acid groups (broad SMARTS) is 2. The van der Waals surface area contributed by atoms with E-state index >= 15 is 0 Å². The first-order valence-corrected chi connectivity index (χ1v) is 6.85. The van der Waals surface area contributed by atoms with E-state index in [1.165, 1.54) is 0 Å².